The molecule has 0 spiro atoms. The van der Waals surface area contributed by atoms with Gasteiger partial charge in [-0.25, -0.2) is 14.5 Å². The summed E-state index contributed by atoms with van der Waals surface area (Å²) < 4.78 is 2.83. The number of anilines is 2. The van der Waals surface area contributed by atoms with Crippen LogP contribution in [-0.2, 0) is 5.41 Å². The van der Waals surface area contributed by atoms with Crippen molar-refractivity contribution < 1.29 is 9.90 Å². The second-order valence-corrected chi connectivity index (χ2v) is 8.82. The molecule has 2 N–H and O–H groups in total. The van der Waals surface area contributed by atoms with Crippen LogP contribution in [0.25, 0.3) is 5.69 Å². The number of halogens is 1. The smallest absolute Gasteiger partial charge is 0.356 e. The van der Waals surface area contributed by atoms with Gasteiger partial charge in [0.1, 0.15) is 5.82 Å². The Labute approximate surface area is 178 Å². The van der Waals surface area contributed by atoms with Gasteiger partial charge in [0.15, 0.2) is 5.69 Å². The Morgan fingerprint density at radius 1 is 1.14 bits per heavy atom. The topological polar surface area (TPSA) is 80.0 Å². The van der Waals surface area contributed by atoms with E-state index in [0.717, 1.165) is 31.9 Å². The third-order valence-electron chi connectivity index (χ3n) is 4.45. The minimum atomic E-state index is -1.08. The summed E-state index contributed by atoms with van der Waals surface area (Å²) in [6.07, 6.45) is 1.48. The molecule has 2 aromatic heterocycles. The highest BCUT2D eigenvalue weighted by Gasteiger charge is 2.28. The number of hydrogen-bond donors (Lipinski definition) is 2. The fourth-order valence-electron chi connectivity index (χ4n) is 3.09. The molecule has 28 heavy (non-hydrogen) atoms. The molecule has 7 heteroatoms. The van der Waals surface area contributed by atoms with Gasteiger partial charge in [0.25, 0.3) is 0 Å². The molecule has 0 aliphatic rings. The van der Waals surface area contributed by atoms with Gasteiger partial charge in [-0.1, -0.05) is 39.0 Å². The Morgan fingerprint density at radius 3 is 2.36 bits per heavy atom. The first-order chi connectivity index (χ1) is 13.1. The number of carboxylic acids is 1. The van der Waals surface area contributed by atoms with E-state index in [4.69, 9.17) is 5.10 Å². The maximum Gasteiger partial charge on any atom is 0.356 e. The molecule has 0 saturated carbocycles. The number of pyridine rings is 1. The summed E-state index contributed by atoms with van der Waals surface area (Å²) in [5, 5.41) is 17.7. The van der Waals surface area contributed by atoms with Crippen molar-refractivity contribution in [2.75, 3.05) is 5.32 Å². The Hall–Kier alpha value is -2.42. The molecule has 0 bridgehead atoms. The van der Waals surface area contributed by atoms with E-state index in [2.05, 4.69) is 53.7 Å². The SMILES string of the molecule is Cc1cccc(C)c1-n1nc(C(C)(C)C)c(I)c1Nc1cccnc1C(=O)O. The van der Waals surface area contributed by atoms with E-state index in [-0.39, 0.29) is 11.1 Å². The van der Waals surface area contributed by atoms with Crippen molar-refractivity contribution >= 4 is 40.1 Å². The number of aromatic carboxylic acids is 1. The quantitative estimate of drug-likeness (QED) is 0.490. The first-order valence-corrected chi connectivity index (χ1v) is 10.00. The second kappa shape index (κ2) is 7.54. The highest BCUT2D eigenvalue weighted by molar-refractivity contribution is 14.1. The lowest BCUT2D eigenvalue weighted by molar-refractivity contribution is 0.0691. The van der Waals surface area contributed by atoms with Crippen LogP contribution >= 0.6 is 22.6 Å². The van der Waals surface area contributed by atoms with Crippen LogP contribution in [0.3, 0.4) is 0 Å². The van der Waals surface area contributed by atoms with Gasteiger partial charge < -0.3 is 10.4 Å². The number of nitrogens with zero attached hydrogens (tertiary/aromatic N) is 3. The van der Waals surface area contributed by atoms with Crippen molar-refractivity contribution in [3.63, 3.8) is 0 Å². The van der Waals surface area contributed by atoms with Crippen LogP contribution in [0.15, 0.2) is 36.5 Å². The lowest BCUT2D eigenvalue weighted by atomic mass is 9.92. The number of para-hydroxylation sites is 1. The van der Waals surface area contributed by atoms with E-state index in [9.17, 15) is 9.90 Å². The highest BCUT2D eigenvalue weighted by Crippen LogP contribution is 2.36. The summed E-state index contributed by atoms with van der Waals surface area (Å²) in [5.74, 6) is -0.342. The van der Waals surface area contributed by atoms with Crippen molar-refractivity contribution in [1.29, 1.82) is 0 Å². The number of nitrogens with one attached hydrogen (secondary N) is 1. The van der Waals surface area contributed by atoms with Crippen LogP contribution in [0.2, 0.25) is 0 Å². The summed E-state index contributed by atoms with van der Waals surface area (Å²) in [5.41, 5.74) is 4.35. The predicted octanol–water partition coefficient (Wildman–Crippen LogP) is 5.23. The summed E-state index contributed by atoms with van der Waals surface area (Å²) in [6, 6.07) is 9.54. The van der Waals surface area contributed by atoms with Gasteiger partial charge in [0.2, 0.25) is 0 Å². The fourth-order valence-corrected chi connectivity index (χ4v) is 4.37. The molecule has 0 atom stereocenters. The predicted molar refractivity (Wildman–Crippen MR) is 119 cm³/mol. The fraction of sp³-hybridized carbons (Fsp3) is 0.286. The molecule has 0 unspecified atom stereocenters. The number of rotatable bonds is 4. The minimum absolute atomic E-state index is 0.0233. The second-order valence-electron chi connectivity index (χ2n) is 7.74. The van der Waals surface area contributed by atoms with Gasteiger partial charge in [0.05, 0.1) is 20.6 Å². The molecular weight excluding hydrogens is 467 g/mol. The summed E-state index contributed by atoms with van der Waals surface area (Å²) >= 11 is 2.28. The number of benzene rings is 1. The van der Waals surface area contributed by atoms with Crippen LogP contribution in [0.1, 0.15) is 48.1 Å². The van der Waals surface area contributed by atoms with E-state index in [1.165, 1.54) is 6.20 Å². The molecule has 3 aromatic rings. The maximum absolute atomic E-state index is 11.6. The largest absolute Gasteiger partial charge is 0.476 e. The van der Waals surface area contributed by atoms with Crippen molar-refractivity contribution in [2.45, 2.75) is 40.0 Å². The zero-order valence-corrected chi connectivity index (χ0v) is 18.7. The molecule has 1 aromatic carbocycles. The van der Waals surface area contributed by atoms with Crippen LogP contribution in [0.5, 0.6) is 0 Å². The van der Waals surface area contributed by atoms with E-state index >= 15 is 0 Å². The Bertz CT molecular complexity index is 1030. The molecule has 0 aliphatic carbocycles. The average molecular weight is 490 g/mol. The van der Waals surface area contributed by atoms with E-state index in [0.29, 0.717) is 5.69 Å². The number of carbonyl (C=O) groups is 1. The molecule has 0 amide bonds. The van der Waals surface area contributed by atoms with Crippen molar-refractivity contribution in [3.05, 3.63) is 62.6 Å². The molecule has 146 valence electrons. The lowest BCUT2D eigenvalue weighted by Crippen LogP contribution is -2.14. The summed E-state index contributed by atoms with van der Waals surface area (Å²) in [7, 11) is 0. The summed E-state index contributed by atoms with van der Waals surface area (Å²) in [4.78, 5) is 15.6. The molecule has 2 heterocycles. The monoisotopic (exact) mass is 490 g/mol. The van der Waals surface area contributed by atoms with E-state index < -0.39 is 5.97 Å². The lowest BCUT2D eigenvalue weighted by Gasteiger charge is -2.15. The number of aryl methyl sites for hydroxylation is 2. The zero-order valence-electron chi connectivity index (χ0n) is 16.5. The highest BCUT2D eigenvalue weighted by atomic mass is 127. The normalized spacial score (nSPS) is 11.5. The molecule has 3 rings (SSSR count). The number of carboxylic acid groups (broad SMARTS) is 1. The van der Waals surface area contributed by atoms with E-state index in [1.807, 2.05) is 36.7 Å². The molecule has 0 saturated heterocycles. The van der Waals surface area contributed by atoms with Crippen LogP contribution in [0.4, 0.5) is 11.5 Å². The number of aromatic nitrogens is 3. The summed E-state index contributed by atoms with van der Waals surface area (Å²) in [6.45, 7) is 10.4. The first-order valence-electron chi connectivity index (χ1n) is 8.92. The molecule has 0 aliphatic heterocycles. The van der Waals surface area contributed by atoms with Gasteiger partial charge in [-0.05, 0) is 59.7 Å². The van der Waals surface area contributed by atoms with Gasteiger partial charge in [-0.2, -0.15) is 5.10 Å². The third-order valence-corrected chi connectivity index (χ3v) is 5.47. The Morgan fingerprint density at radius 2 is 1.79 bits per heavy atom. The Balaban J connectivity index is 2.26. The maximum atomic E-state index is 11.6. The van der Waals surface area contributed by atoms with Gasteiger partial charge in [-0.3, -0.25) is 0 Å². The third kappa shape index (κ3) is 3.76. The molecule has 0 fully saturated rings. The average Bonchev–Trinajstić information content (AvgIpc) is 2.92. The number of hydrogen-bond acceptors (Lipinski definition) is 4. The van der Waals surface area contributed by atoms with Crippen LogP contribution in [0, 0.1) is 17.4 Å². The van der Waals surface area contributed by atoms with E-state index in [1.54, 1.807) is 12.1 Å². The first kappa shape index (κ1) is 20.3. The van der Waals surface area contributed by atoms with Crippen molar-refractivity contribution in [1.82, 2.24) is 14.8 Å². The van der Waals surface area contributed by atoms with Crippen molar-refractivity contribution in [3.8, 4) is 5.69 Å². The van der Waals surface area contributed by atoms with Crippen molar-refractivity contribution in [2.24, 2.45) is 0 Å². The minimum Gasteiger partial charge on any atom is -0.476 e. The molecule has 0 radical (unpaired) electrons. The zero-order chi connectivity index (χ0) is 20.6. The van der Waals surface area contributed by atoms with Gasteiger partial charge >= 0.3 is 5.97 Å². The standard InChI is InChI=1S/C21H23IN4O2/c1-12-8-6-9-13(2)17(12)26-19(15(22)18(25-26)21(3,4)5)24-14-10-7-11-23-16(14)20(27)28/h6-11,24H,1-5H3,(H,27,28). The van der Waals surface area contributed by atoms with Gasteiger partial charge in [0, 0.05) is 11.6 Å². The Kier molecular flexibility index (Phi) is 5.47. The van der Waals surface area contributed by atoms with Gasteiger partial charge in [-0.15, -0.1) is 0 Å². The van der Waals surface area contributed by atoms with Crippen LogP contribution < -0.4 is 5.32 Å². The molecular formula is C21H23IN4O2. The van der Waals surface area contributed by atoms with Crippen LogP contribution in [-0.4, -0.2) is 25.8 Å². The molecule has 6 nitrogen and oxygen atoms in total.